The van der Waals surface area contributed by atoms with E-state index >= 15 is 0 Å². The SMILES string of the molecule is COc1cc(O)c2cc1Oc1ccc(cc1)C[C@@H]1NCCc3cc(OC)c(cc31)Oc1c(OC)c(OC)c(OC)c3c1[C@H](C2)N(C)CC3. The standard InChI is InChI=1S/C38H42N2O8/c1-40-14-12-25-34-28(40)16-23-18-32(31(43-3)20-29(23)41)47-24-9-7-21(8-10-24)15-27-26-19-33(30(42-2)17-22(26)11-13-39-27)48-36(34)38(46-6)37(45-5)35(25)44-4/h7-10,17-20,27-28,39,41H,11-16H2,1-6H3/t27-,28-/m0/s1. The van der Waals surface area contributed by atoms with Crippen molar-refractivity contribution in [2.75, 3.05) is 55.7 Å². The number of ether oxygens (including phenoxy) is 7. The molecule has 2 N–H and O–H groups in total. The first-order valence-electron chi connectivity index (χ1n) is 16.2. The van der Waals surface area contributed by atoms with Crippen molar-refractivity contribution in [2.24, 2.45) is 0 Å². The van der Waals surface area contributed by atoms with Crippen LogP contribution in [0.25, 0.3) is 0 Å². The highest BCUT2D eigenvalue weighted by Gasteiger charge is 2.38. The summed E-state index contributed by atoms with van der Waals surface area (Å²) in [4.78, 5) is 2.26. The van der Waals surface area contributed by atoms with Gasteiger partial charge in [0.25, 0.3) is 0 Å². The Hall–Kier alpha value is -4.80. The molecule has 0 aliphatic carbocycles. The van der Waals surface area contributed by atoms with Crippen molar-refractivity contribution in [2.45, 2.75) is 37.8 Å². The number of fused-ring (bicyclic) bond motifs is 2. The smallest absolute Gasteiger partial charge is 0.208 e. The fraction of sp³-hybridized carbons (Fsp3) is 0.368. The summed E-state index contributed by atoms with van der Waals surface area (Å²) in [6.45, 7) is 1.60. The maximum absolute atomic E-state index is 11.3. The van der Waals surface area contributed by atoms with Gasteiger partial charge in [-0.3, -0.25) is 4.90 Å². The molecule has 0 saturated carbocycles. The zero-order valence-corrected chi connectivity index (χ0v) is 28.3. The van der Waals surface area contributed by atoms with Gasteiger partial charge in [0.1, 0.15) is 11.5 Å². The van der Waals surface area contributed by atoms with Gasteiger partial charge in [0.05, 0.1) is 35.5 Å². The number of nitrogens with one attached hydrogen (secondary N) is 1. The molecular formula is C38H42N2O8. The van der Waals surface area contributed by atoms with E-state index in [2.05, 4.69) is 41.5 Å². The first-order valence-corrected chi connectivity index (χ1v) is 16.2. The molecule has 0 radical (unpaired) electrons. The highest BCUT2D eigenvalue weighted by atomic mass is 16.6. The molecule has 0 saturated heterocycles. The minimum absolute atomic E-state index is 0.0625. The van der Waals surface area contributed by atoms with Crippen LogP contribution in [-0.2, 0) is 25.7 Å². The summed E-state index contributed by atoms with van der Waals surface area (Å²) < 4.78 is 43.0. The first kappa shape index (κ1) is 31.8. The highest BCUT2D eigenvalue weighted by molar-refractivity contribution is 5.70. The number of phenols is 1. The van der Waals surface area contributed by atoms with Crippen molar-refractivity contribution in [3.05, 3.63) is 81.9 Å². The quantitative estimate of drug-likeness (QED) is 0.247. The Morgan fingerprint density at radius 1 is 0.750 bits per heavy atom. The minimum atomic E-state index is -0.249. The van der Waals surface area contributed by atoms with Crippen molar-refractivity contribution in [1.29, 1.82) is 0 Å². The number of aromatic hydroxyl groups is 1. The molecule has 4 aromatic rings. The van der Waals surface area contributed by atoms with Crippen molar-refractivity contribution in [3.63, 3.8) is 0 Å². The molecule has 10 heteroatoms. The average Bonchev–Trinajstić information content (AvgIpc) is 3.10. The first-order chi connectivity index (χ1) is 23.4. The Kier molecular flexibility index (Phi) is 8.61. The lowest BCUT2D eigenvalue weighted by molar-refractivity contribution is 0.215. The zero-order valence-electron chi connectivity index (χ0n) is 28.3. The van der Waals surface area contributed by atoms with E-state index < -0.39 is 0 Å². The topological polar surface area (TPSA) is 100 Å². The largest absolute Gasteiger partial charge is 0.508 e. The second-order valence-electron chi connectivity index (χ2n) is 12.4. The third-order valence-electron chi connectivity index (χ3n) is 9.82. The molecule has 10 nitrogen and oxygen atoms in total. The summed E-state index contributed by atoms with van der Waals surface area (Å²) in [5, 5.41) is 15.0. The van der Waals surface area contributed by atoms with E-state index in [1.165, 1.54) is 5.56 Å². The van der Waals surface area contributed by atoms with E-state index in [-0.39, 0.29) is 17.8 Å². The monoisotopic (exact) mass is 654 g/mol. The van der Waals surface area contributed by atoms with Crippen LogP contribution < -0.4 is 38.5 Å². The van der Waals surface area contributed by atoms with Crippen LogP contribution >= 0.6 is 0 Å². The normalized spacial score (nSPS) is 18.4. The molecule has 0 fully saturated rings. The highest BCUT2D eigenvalue weighted by Crippen LogP contribution is 2.56. The molecular weight excluding hydrogens is 612 g/mol. The van der Waals surface area contributed by atoms with Crippen LogP contribution in [0.3, 0.4) is 0 Å². The van der Waals surface area contributed by atoms with E-state index in [1.54, 1.807) is 41.6 Å². The van der Waals surface area contributed by atoms with Crippen LogP contribution in [0.15, 0.2) is 48.5 Å². The molecule has 4 aliphatic heterocycles. The van der Waals surface area contributed by atoms with E-state index in [0.717, 1.165) is 48.2 Å². The van der Waals surface area contributed by atoms with E-state index in [9.17, 15) is 5.11 Å². The molecule has 0 spiro atoms. The summed E-state index contributed by atoms with van der Waals surface area (Å²) in [6, 6.07) is 15.6. The second-order valence-corrected chi connectivity index (χ2v) is 12.4. The Bertz CT molecular complexity index is 1840. The Morgan fingerprint density at radius 2 is 1.46 bits per heavy atom. The molecule has 4 aromatic carbocycles. The lowest BCUT2D eigenvalue weighted by Crippen LogP contribution is -2.34. The van der Waals surface area contributed by atoms with Gasteiger partial charge in [-0.15, -0.1) is 0 Å². The van der Waals surface area contributed by atoms with Gasteiger partial charge < -0.3 is 43.6 Å². The number of likely N-dealkylation sites (N-methyl/N-ethyl adjacent to an activating group) is 1. The van der Waals surface area contributed by atoms with Gasteiger partial charge in [0.15, 0.2) is 34.5 Å². The molecule has 4 aliphatic rings. The number of rotatable bonds is 5. The lowest BCUT2D eigenvalue weighted by Gasteiger charge is -2.38. The van der Waals surface area contributed by atoms with Gasteiger partial charge in [0.2, 0.25) is 11.5 Å². The summed E-state index contributed by atoms with van der Waals surface area (Å²) in [7, 11) is 10.1. The number of nitrogens with zero attached hydrogens (tertiary/aromatic N) is 1. The van der Waals surface area contributed by atoms with Crippen LogP contribution in [0.4, 0.5) is 0 Å². The molecule has 252 valence electrons. The van der Waals surface area contributed by atoms with Crippen LogP contribution in [0.5, 0.6) is 57.5 Å². The average molecular weight is 655 g/mol. The maximum atomic E-state index is 11.3. The van der Waals surface area contributed by atoms with Crippen LogP contribution in [0.1, 0.15) is 45.5 Å². The Labute approximate surface area is 281 Å². The molecule has 0 aromatic heterocycles. The van der Waals surface area contributed by atoms with Crippen molar-refractivity contribution < 1.29 is 38.3 Å². The van der Waals surface area contributed by atoms with Gasteiger partial charge >= 0.3 is 0 Å². The molecule has 2 atom stereocenters. The maximum Gasteiger partial charge on any atom is 0.208 e. The van der Waals surface area contributed by atoms with E-state index in [0.29, 0.717) is 70.2 Å². The lowest BCUT2D eigenvalue weighted by atomic mass is 9.86. The fourth-order valence-electron chi connectivity index (χ4n) is 7.38. The van der Waals surface area contributed by atoms with Crippen LogP contribution in [-0.4, -0.2) is 65.7 Å². The molecule has 0 amide bonds. The summed E-state index contributed by atoms with van der Waals surface area (Å²) in [6.07, 6.45) is 2.76. The minimum Gasteiger partial charge on any atom is -0.508 e. The van der Waals surface area contributed by atoms with Crippen LogP contribution in [0, 0.1) is 0 Å². The number of hydrogen-bond donors (Lipinski definition) is 2. The molecule has 0 unspecified atom stereocenters. The zero-order chi connectivity index (χ0) is 33.5. The Balaban J connectivity index is 1.50. The summed E-state index contributed by atoms with van der Waals surface area (Å²) >= 11 is 0. The van der Waals surface area contributed by atoms with Gasteiger partial charge in [-0.1, -0.05) is 12.1 Å². The van der Waals surface area contributed by atoms with Crippen molar-refractivity contribution in [1.82, 2.24) is 10.2 Å². The van der Waals surface area contributed by atoms with Crippen LogP contribution in [0.2, 0.25) is 0 Å². The third-order valence-corrected chi connectivity index (χ3v) is 9.82. The molecule has 4 heterocycles. The number of hydrogen-bond acceptors (Lipinski definition) is 10. The number of phenolic OH excluding ortho intramolecular Hbond substituents is 1. The fourth-order valence-corrected chi connectivity index (χ4v) is 7.38. The van der Waals surface area contributed by atoms with E-state index in [1.807, 2.05) is 18.2 Å². The van der Waals surface area contributed by atoms with Gasteiger partial charge in [0, 0.05) is 35.8 Å². The Morgan fingerprint density at radius 3 is 2.17 bits per heavy atom. The summed E-state index contributed by atoms with van der Waals surface area (Å²) in [5.74, 6) is 4.93. The van der Waals surface area contributed by atoms with Crippen molar-refractivity contribution in [3.8, 4) is 57.5 Å². The molecule has 6 bridgehead atoms. The van der Waals surface area contributed by atoms with E-state index in [4.69, 9.17) is 33.2 Å². The van der Waals surface area contributed by atoms with Crippen molar-refractivity contribution >= 4 is 0 Å². The molecule has 8 rings (SSSR count). The number of benzene rings is 4. The molecule has 48 heavy (non-hydrogen) atoms. The van der Waals surface area contributed by atoms with Gasteiger partial charge in [-0.2, -0.15) is 0 Å². The summed E-state index contributed by atoms with van der Waals surface area (Å²) in [5.41, 5.74) is 6.08. The van der Waals surface area contributed by atoms with Gasteiger partial charge in [-0.05, 0) is 91.9 Å². The number of methoxy groups -OCH3 is 5. The second kappa shape index (κ2) is 13.0. The van der Waals surface area contributed by atoms with Gasteiger partial charge in [-0.25, -0.2) is 0 Å². The predicted octanol–water partition coefficient (Wildman–Crippen LogP) is 6.53. The third kappa shape index (κ3) is 5.48. The predicted molar refractivity (Wildman–Crippen MR) is 181 cm³/mol.